The molecule has 0 aliphatic heterocycles. The Labute approximate surface area is 110 Å². The highest BCUT2D eigenvalue weighted by Crippen LogP contribution is 2.48. The van der Waals surface area contributed by atoms with Crippen molar-refractivity contribution in [3.63, 3.8) is 0 Å². The average Bonchev–Trinajstić information content (AvgIpc) is 3.11. The van der Waals surface area contributed by atoms with E-state index in [-0.39, 0.29) is 0 Å². The quantitative estimate of drug-likeness (QED) is 0.729. The number of ether oxygens (including phenoxy) is 1. The third kappa shape index (κ3) is 3.16. The second-order valence-corrected chi connectivity index (χ2v) is 5.42. The molecule has 0 saturated heterocycles. The Balaban J connectivity index is 1.87. The van der Waals surface area contributed by atoms with Crippen molar-refractivity contribution in [3.8, 4) is 5.75 Å². The number of hydrogen-bond acceptors (Lipinski definition) is 3. The Morgan fingerprint density at radius 3 is 2.78 bits per heavy atom. The zero-order valence-corrected chi connectivity index (χ0v) is 11.5. The molecule has 0 aromatic heterocycles. The van der Waals surface area contributed by atoms with E-state index in [1.54, 1.807) is 7.11 Å². The molecule has 3 N–H and O–H groups in total. The highest BCUT2D eigenvalue weighted by Gasteiger charge is 2.40. The zero-order valence-electron chi connectivity index (χ0n) is 11.5. The molecule has 0 bridgehead atoms. The Morgan fingerprint density at radius 2 is 2.17 bits per heavy atom. The van der Waals surface area contributed by atoms with Crippen LogP contribution in [0.1, 0.15) is 38.2 Å². The lowest BCUT2D eigenvalue weighted by molar-refractivity contribution is 0.398. The van der Waals surface area contributed by atoms with Crippen molar-refractivity contribution in [2.75, 3.05) is 19.4 Å². The van der Waals surface area contributed by atoms with Crippen LogP contribution in [0.4, 0.5) is 5.69 Å². The largest absolute Gasteiger partial charge is 0.496 e. The van der Waals surface area contributed by atoms with Crippen LogP contribution < -0.4 is 15.8 Å². The maximum atomic E-state index is 5.75. The molecule has 0 radical (unpaired) electrons. The second kappa shape index (κ2) is 5.61. The molecule has 100 valence electrons. The maximum Gasteiger partial charge on any atom is 0.125 e. The fourth-order valence-electron chi connectivity index (χ4n) is 2.59. The van der Waals surface area contributed by atoms with Crippen molar-refractivity contribution in [3.05, 3.63) is 23.8 Å². The summed E-state index contributed by atoms with van der Waals surface area (Å²) in [5.74, 6) is 0.878. The summed E-state index contributed by atoms with van der Waals surface area (Å²) >= 11 is 0. The summed E-state index contributed by atoms with van der Waals surface area (Å²) in [6, 6.07) is 5.86. The van der Waals surface area contributed by atoms with Crippen LogP contribution in [0.15, 0.2) is 18.2 Å². The third-order valence-corrected chi connectivity index (χ3v) is 3.86. The van der Waals surface area contributed by atoms with Gasteiger partial charge in [-0.15, -0.1) is 0 Å². The topological polar surface area (TPSA) is 47.3 Å². The summed E-state index contributed by atoms with van der Waals surface area (Å²) in [6.45, 7) is 4.24. The standard InChI is InChI=1S/C15H24N2O/c1-3-6-15(7-8-15)11-17-10-12-4-5-13(16)9-14(12)18-2/h4-5,9,17H,3,6-8,10-11,16H2,1-2H3. The van der Waals surface area contributed by atoms with Gasteiger partial charge in [-0.2, -0.15) is 0 Å². The van der Waals surface area contributed by atoms with E-state index in [0.717, 1.165) is 24.5 Å². The predicted molar refractivity (Wildman–Crippen MR) is 75.7 cm³/mol. The number of benzene rings is 1. The van der Waals surface area contributed by atoms with Crippen molar-refractivity contribution in [2.24, 2.45) is 5.41 Å². The molecule has 1 aromatic rings. The number of nitrogen functional groups attached to an aromatic ring is 1. The molecule has 1 aromatic carbocycles. The summed E-state index contributed by atoms with van der Waals surface area (Å²) in [6.07, 6.45) is 5.39. The smallest absolute Gasteiger partial charge is 0.125 e. The highest BCUT2D eigenvalue weighted by molar-refractivity contribution is 5.48. The SMILES string of the molecule is CCCC1(CNCc2ccc(N)cc2OC)CC1. The van der Waals surface area contributed by atoms with Gasteiger partial charge >= 0.3 is 0 Å². The molecule has 1 fully saturated rings. The minimum absolute atomic E-state index is 0.593. The summed E-state index contributed by atoms with van der Waals surface area (Å²) in [4.78, 5) is 0. The van der Waals surface area contributed by atoms with Gasteiger partial charge < -0.3 is 15.8 Å². The molecule has 3 heteroatoms. The molecule has 0 atom stereocenters. The lowest BCUT2D eigenvalue weighted by Gasteiger charge is -2.16. The zero-order chi connectivity index (χ0) is 13.0. The Hall–Kier alpha value is -1.22. The maximum absolute atomic E-state index is 5.75. The predicted octanol–water partition coefficient (Wildman–Crippen LogP) is 2.95. The molecule has 0 unspecified atom stereocenters. The summed E-state index contributed by atoms with van der Waals surface area (Å²) in [7, 11) is 1.69. The Morgan fingerprint density at radius 1 is 1.39 bits per heavy atom. The Kier molecular flexibility index (Phi) is 4.12. The first-order chi connectivity index (χ1) is 8.69. The first-order valence-corrected chi connectivity index (χ1v) is 6.82. The van der Waals surface area contributed by atoms with Crippen LogP contribution in [0, 0.1) is 5.41 Å². The molecule has 1 aliphatic rings. The van der Waals surface area contributed by atoms with Gasteiger partial charge in [0.2, 0.25) is 0 Å². The summed E-state index contributed by atoms with van der Waals surface area (Å²) in [5, 5.41) is 3.56. The van der Waals surface area contributed by atoms with Crippen molar-refractivity contribution >= 4 is 5.69 Å². The summed E-state index contributed by atoms with van der Waals surface area (Å²) < 4.78 is 5.35. The molecule has 1 aliphatic carbocycles. The van der Waals surface area contributed by atoms with Crippen LogP contribution >= 0.6 is 0 Å². The van der Waals surface area contributed by atoms with Gasteiger partial charge in [0.25, 0.3) is 0 Å². The van der Waals surface area contributed by atoms with Crippen LogP contribution in [-0.2, 0) is 6.54 Å². The second-order valence-electron chi connectivity index (χ2n) is 5.42. The highest BCUT2D eigenvalue weighted by atomic mass is 16.5. The lowest BCUT2D eigenvalue weighted by Crippen LogP contribution is -2.23. The minimum atomic E-state index is 0.593. The van der Waals surface area contributed by atoms with Gasteiger partial charge in [0, 0.05) is 30.4 Å². The molecular weight excluding hydrogens is 224 g/mol. The van der Waals surface area contributed by atoms with Gasteiger partial charge in [0.1, 0.15) is 5.75 Å². The van der Waals surface area contributed by atoms with E-state index >= 15 is 0 Å². The van der Waals surface area contributed by atoms with E-state index < -0.39 is 0 Å². The van der Waals surface area contributed by atoms with Crippen LogP contribution in [-0.4, -0.2) is 13.7 Å². The van der Waals surface area contributed by atoms with Crippen LogP contribution in [0.3, 0.4) is 0 Å². The van der Waals surface area contributed by atoms with E-state index in [1.807, 2.05) is 18.2 Å². The Bertz CT molecular complexity index is 399. The molecule has 3 nitrogen and oxygen atoms in total. The normalized spacial score (nSPS) is 16.6. The van der Waals surface area contributed by atoms with Gasteiger partial charge in [0.05, 0.1) is 7.11 Å². The van der Waals surface area contributed by atoms with Crippen LogP contribution in [0.2, 0.25) is 0 Å². The lowest BCUT2D eigenvalue weighted by atomic mass is 10.0. The first kappa shape index (κ1) is 13.2. The average molecular weight is 248 g/mol. The van der Waals surface area contributed by atoms with Gasteiger partial charge in [-0.1, -0.05) is 19.4 Å². The van der Waals surface area contributed by atoms with Crippen molar-refractivity contribution in [1.82, 2.24) is 5.32 Å². The van der Waals surface area contributed by atoms with Crippen LogP contribution in [0.5, 0.6) is 5.75 Å². The molecule has 1 saturated carbocycles. The van der Waals surface area contributed by atoms with Gasteiger partial charge in [-0.3, -0.25) is 0 Å². The molecule has 2 rings (SSSR count). The van der Waals surface area contributed by atoms with Gasteiger partial charge in [-0.05, 0) is 30.7 Å². The van der Waals surface area contributed by atoms with Gasteiger partial charge in [0.15, 0.2) is 0 Å². The number of anilines is 1. The van der Waals surface area contributed by atoms with E-state index in [9.17, 15) is 0 Å². The number of methoxy groups -OCH3 is 1. The monoisotopic (exact) mass is 248 g/mol. The molecule has 0 amide bonds. The van der Waals surface area contributed by atoms with Crippen molar-refractivity contribution in [1.29, 1.82) is 0 Å². The van der Waals surface area contributed by atoms with Crippen LogP contribution in [0.25, 0.3) is 0 Å². The fraction of sp³-hybridized carbons (Fsp3) is 0.600. The minimum Gasteiger partial charge on any atom is -0.496 e. The van der Waals surface area contributed by atoms with Crippen molar-refractivity contribution in [2.45, 2.75) is 39.2 Å². The summed E-state index contributed by atoms with van der Waals surface area (Å²) in [5.41, 5.74) is 8.27. The fourth-order valence-corrected chi connectivity index (χ4v) is 2.59. The molecular formula is C15H24N2O. The molecule has 18 heavy (non-hydrogen) atoms. The van der Waals surface area contributed by atoms with E-state index in [0.29, 0.717) is 5.41 Å². The van der Waals surface area contributed by atoms with Crippen molar-refractivity contribution < 1.29 is 4.74 Å². The molecule has 0 heterocycles. The number of rotatable bonds is 7. The number of hydrogen-bond donors (Lipinski definition) is 2. The van der Waals surface area contributed by atoms with E-state index in [2.05, 4.69) is 12.2 Å². The molecule has 0 spiro atoms. The van der Waals surface area contributed by atoms with E-state index in [4.69, 9.17) is 10.5 Å². The number of nitrogens with one attached hydrogen (secondary N) is 1. The third-order valence-electron chi connectivity index (χ3n) is 3.86. The number of nitrogens with two attached hydrogens (primary N) is 1. The van der Waals surface area contributed by atoms with E-state index in [1.165, 1.54) is 31.2 Å². The van der Waals surface area contributed by atoms with Gasteiger partial charge in [-0.25, -0.2) is 0 Å². The first-order valence-electron chi connectivity index (χ1n) is 6.82.